The van der Waals surface area contributed by atoms with Crippen LogP contribution >= 0.6 is 0 Å². The molecule has 0 saturated carbocycles. The van der Waals surface area contributed by atoms with Gasteiger partial charge in [0.1, 0.15) is 17.0 Å². The zero-order chi connectivity index (χ0) is 17.1. The van der Waals surface area contributed by atoms with Crippen LogP contribution in [0.3, 0.4) is 0 Å². The van der Waals surface area contributed by atoms with Gasteiger partial charge in [-0.05, 0) is 63.0 Å². The molecule has 6 heteroatoms. The first-order valence-corrected chi connectivity index (χ1v) is 8.21. The molecular weight excluding hydrogens is 306 g/mol. The smallest absolute Gasteiger partial charge is 0.361 e. The third-order valence-corrected chi connectivity index (χ3v) is 5.32. The van der Waals surface area contributed by atoms with Gasteiger partial charge in [-0.3, -0.25) is 0 Å². The summed E-state index contributed by atoms with van der Waals surface area (Å²) in [7, 11) is 1.61. The van der Waals surface area contributed by atoms with Crippen molar-refractivity contribution >= 4 is 0 Å². The Morgan fingerprint density at radius 3 is 2.54 bits per heavy atom. The Morgan fingerprint density at radius 2 is 1.92 bits per heavy atom. The third kappa shape index (κ3) is 2.02. The van der Waals surface area contributed by atoms with Crippen LogP contribution < -0.4 is 9.47 Å². The van der Waals surface area contributed by atoms with Crippen molar-refractivity contribution in [3.63, 3.8) is 0 Å². The molecule has 126 valence electrons. The number of rotatable bonds is 2. The molecule has 0 spiro atoms. The molecule has 3 aliphatic rings. The second-order valence-corrected chi connectivity index (χ2v) is 7.31. The largest absolute Gasteiger partial charge is 0.710 e. The van der Waals surface area contributed by atoms with Gasteiger partial charge in [0.05, 0.1) is 29.3 Å². The lowest BCUT2D eigenvalue weighted by molar-refractivity contribution is -0.613. The Labute approximate surface area is 141 Å². The number of fused-ring (bicyclic) bond motifs is 2. The molecule has 0 N–H and O–H groups in total. The van der Waals surface area contributed by atoms with E-state index in [1.165, 1.54) is 0 Å². The van der Waals surface area contributed by atoms with Crippen LogP contribution in [0.1, 0.15) is 50.9 Å². The molecule has 1 fully saturated rings. The highest BCUT2D eigenvalue weighted by atomic mass is 16.5. The van der Waals surface area contributed by atoms with E-state index >= 15 is 0 Å². The summed E-state index contributed by atoms with van der Waals surface area (Å²) in [5, 5.41) is 21.7. The maximum atomic E-state index is 13.1. The van der Waals surface area contributed by atoms with E-state index in [2.05, 4.69) is 10.2 Å². The van der Waals surface area contributed by atoms with Crippen molar-refractivity contribution in [2.45, 2.75) is 50.7 Å². The highest BCUT2D eigenvalue weighted by Crippen LogP contribution is 2.54. The van der Waals surface area contributed by atoms with Crippen molar-refractivity contribution in [1.82, 2.24) is 10.2 Å². The SMILES string of the molecule is COc1ccc(-c2nnc3c([n+]2[O-])C2CCC3(C)OC2(C)C)cc1. The molecule has 0 amide bonds. The van der Waals surface area contributed by atoms with Crippen LogP contribution in [0.15, 0.2) is 24.3 Å². The summed E-state index contributed by atoms with van der Waals surface area (Å²) in [5.74, 6) is 1.09. The quantitative estimate of drug-likeness (QED) is 0.626. The van der Waals surface area contributed by atoms with E-state index in [0.29, 0.717) is 17.2 Å². The van der Waals surface area contributed by atoms with E-state index in [0.717, 1.165) is 28.9 Å². The number of ether oxygens (including phenoxy) is 2. The fourth-order valence-corrected chi connectivity index (χ4v) is 4.10. The molecule has 3 heterocycles. The fourth-order valence-electron chi connectivity index (χ4n) is 4.10. The maximum absolute atomic E-state index is 13.1. The highest BCUT2D eigenvalue weighted by molar-refractivity contribution is 5.53. The van der Waals surface area contributed by atoms with E-state index in [1.807, 2.05) is 45.0 Å². The molecule has 1 aromatic carbocycles. The predicted molar refractivity (Wildman–Crippen MR) is 87.5 cm³/mol. The van der Waals surface area contributed by atoms with Crippen molar-refractivity contribution in [2.24, 2.45) is 0 Å². The minimum absolute atomic E-state index is 0.0272. The third-order valence-electron chi connectivity index (χ3n) is 5.32. The number of benzene rings is 1. The monoisotopic (exact) mass is 327 g/mol. The minimum atomic E-state index is -0.537. The van der Waals surface area contributed by atoms with Crippen molar-refractivity contribution < 1.29 is 14.2 Å². The molecule has 5 rings (SSSR count). The van der Waals surface area contributed by atoms with Gasteiger partial charge in [0, 0.05) is 0 Å². The van der Waals surface area contributed by atoms with Gasteiger partial charge < -0.3 is 14.7 Å². The average molecular weight is 327 g/mol. The van der Waals surface area contributed by atoms with Crippen LogP contribution in [0.2, 0.25) is 0 Å². The first-order valence-electron chi connectivity index (χ1n) is 8.21. The molecule has 2 unspecified atom stereocenters. The summed E-state index contributed by atoms with van der Waals surface area (Å²) >= 11 is 0. The topological polar surface area (TPSA) is 71.2 Å². The van der Waals surface area contributed by atoms with Gasteiger partial charge in [0.25, 0.3) is 0 Å². The molecule has 1 aromatic heterocycles. The Hall–Kier alpha value is -2.21. The number of methoxy groups -OCH3 is 1. The van der Waals surface area contributed by atoms with E-state index in [1.54, 1.807) is 7.11 Å². The molecule has 24 heavy (non-hydrogen) atoms. The Balaban J connectivity index is 1.88. The second-order valence-electron chi connectivity index (χ2n) is 7.31. The first kappa shape index (κ1) is 15.3. The lowest BCUT2D eigenvalue weighted by Gasteiger charge is -2.52. The zero-order valence-electron chi connectivity index (χ0n) is 14.4. The fraction of sp³-hybridized carbons (Fsp3) is 0.500. The van der Waals surface area contributed by atoms with Crippen LogP contribution in [0.25, 0.3) is 11.4 Å². The zero-order valence-corrected chi connectivity index (χ0v) is 14.4. The van der Waals surface area contributed by atoms with E-state index in [4.69, 9.17) is 9.47 Å². The Bertz CT molecular complexity index is 804. The standard InChI is InChI=1S/C18H21N3O3/c1-17(2)13-9-10-18(3,24-17)15-14(13)21(22)16(20-19-15)11-5-7-12(23-4)8-6-11/h5-8,13H,9-10H2,1-4H3. The van der Waals surface area contributed by atoms with Crippen LogP contribution in [0.5, 0.6) is 5.75 Å². The van der Waals surface area contributed by atoms with Gasteiger partial charge in [0.15, 0.2) is 5.69 Å². The number of aromatic nitrogens is 3. The Kier molecular flexibility index (Phi) is 3.12. The normalized spacial score (nSPS) is 26.9. The Morgan fingerprint density at radius 1 is 1.21 bits per heavy atom. The molecule has 2 aliphatic heterocycles. The summed E-state index contributed by atoms with van der Waals surface area (Å²) in [4.78, 5) is 0. The summed E-state index contributed by atoms with van der Waals surface area (Å²) in [5.41, 5.74) is 1.20. The molecule has 6 nitrogen and oxygen atoms in total. The van der Waals surface area contributed by atoms with Crippen molar-refractivity contribution in [1.29, 1.82) is 0 Å². The van der Waals surface area contributed by atoms with Gasteiger partial charge in [-0.15, -0.1) is 0 Å². The van der Waals surface area contributed by atoms with Crippen molar-refractivity contribution in [3.8, 4) is 17.1 Å². The molecule has 1 aliphatic carbocycles. The average Bonchev–Trinajstić information content (AvgIpc) is 2.54. The van der Waals surface area contributed by atoms with Gasteiger partial charge in [-0.25, -0.2) is 4.73 Å². The van der Waals surface area contributed by atoms with E-state index < -0.39 is 5.60 Å². The lowest BCUT2D eigenvalue weighted by Crippen LogP contribution is -2.58. The number of hydrogen-bond donors (Lipinski definition) is 0. The van der Waals surface area contributed by atoms with Gasteiger partial charge in [-0.1, -0.05) is 0 Å². The molecule has 1 saturated heterocycles. The van der Waals surface area contributed by atoms with E-state index in [9.17, 15) is 5.21 Å². The van der Waals surface area contributed by atoms with Crippen LogP contribution in [-0.4, -0.2) is 22.9 Å². The molecular formula is C18H21N3O3. The van der Waals surface area contributed by atoms with E-state index in [-0.39, 0.29) is 11.5 Å². The summed E-state index contributed by atoms with van der Waals surface area (Å²) in [6, 6.07) is 7.29. The summed E-state index contributed by atoms with van der Waals surface area (Å²) in [6.45, 7) is 6.10. The summed E-state index contributed by atoms with van der Waals surface area (Å²) in [6.07, 6.45) is 1.79. The molecule has 0 radical (unpaired) electrons. The predicted octanol–water partition coefficient (Wildman–Crippen LogP) is 2.69. The lowest BCUT2D eigenvalue weighted by atomic mass is 9.69. The highest BCUT2D eigenvalue weighted by Gasteiger charge is 2.56. The van der Waals surface area contributed by atoms with Gasteiger partial charge in [-0.2, -0.15) is 0 Å². The van der Waals surface area contributed by atoms with Gasteiger partial charge >= 0.3 is 5.82 Å². The van der Waals surface area contributed by atoms with Crippen LogP contribution in [0.4, 0.5) is 0 Å². The molecule has 2 atom stereocenters. The van der Waals surface area contributed by atoms with Gasteiger partial charge in [0.2, 0.25) is 0 Å². The molecule has 2 bridgehead atoms. The van der Waals surface area contributed by atoms with Crippen molar-refractivity contribution in [3.05, 3.63) is 40.9 Å². The molecule has 2 aromatic rings. The van der Waals surface area contributed by atoms with Crippen LogP contribution in [-0.2, 0) is 10.3 Å². The first-order chi connectivity index (χ1) is 11.4. The summed E-state index contributed by atoms with van der Waals surface area (Å²) < 4.78 is 12.4. The van der Waals surface area contributed by atoms with Crippen LogP contribution in [0, 0.1) is 5.21 Å². The maximum Gasteiger partial charge on any atom is 0.361 e. The number of hydrogen-bond acceptors (Lipinski definition) is 5. The minimum Gasteiger partial charge on any atom is -0.710 e. The second kappa shape index (κ2) is 4.89. The number of nitrogens with zero attached hydrogens (tertiary/aromatic N) is 3. The van der Waals surface area contributed by atoms with Crippen molar-refractivity contribution in [2.75, 3.05) is 7.11 Å².